The van der Waals surface area contributed by atoms with E-state index in [2.05, 4.69) is 12.2 Å². The van der Waals surface area contributed by atoms with E-state index in [1.807, 2.05) is 31.2 Å². The minimum absolute atomic E-state index is 0.551. The third-order valence-corrected chi connectivity index (χ3v) is 2.23. The van der Waals surface area contributed by atoms with Crippen molar-refractivity contribution in [3.05, 3.63) is 34.9 Å². The normalized spacial score (nSPS) is 8.94. The van der Waals surface area contributed by atoms with Crippen LogP contribution in [0.1, 0.15) is 25.8 Å². The molecule has 0 radical (unpaired) electrons. The number of amides is 1. The topological polar surface area (TPSA) is 49.3 Å². The van der Waals surface area contributed by atoms with Crippen molar-refractivity contribution in [1.82, 2.24) is 5.32 Å². The molecule has 1 aromatic carbocycles. The van der Waals surface area contributed by atoms with Gasteiger partial charge >= 0.3 is 6.09 Å². The van der Waals surface area contributed by atoms with Crippen molar-refractivity contribution in [2.24, 2.45) is 0 Å². The molecule has 0 aromatic heterocycles. The molecule has 0 unspecified atom stereocenters. The Morgan fingerprint density at radius 2 is 2.00 bits per heavy atom. The van der Waals surface area contributed by atoms with Crippen LogP contribution in [-0.4, -0.2) is 17.7 Å². The average Bonchev–Trinajstić information content (AvgIpc) is 2.28. The van der Waals surface area contributed by atoms with Gasteiger partial charge in [0.05, 0.1) is 0 Å². The fourth-order valence-electron chi connectivity index (χ4n) is 1.02. The summed E-state index contributed by atoms with van der Waals surface area (Å²) in [5.41, 5.74) is 1.22. The zero-order valence-electron chi connectivity index (χ0n) is 9.66. The van der Waals surface area contributed by atoms with Gasteiger partial charge in [-0.2, -0.15) is 0 Å². The molecule has 0 spiro atoms. The minimum Gasteiger partial charge on any atom is -0.465 e. The lowest BCUT2D eigenvalue weighted by Crippen LogP contribution is -2.20. The molecule has 0 atom stereocenters. The van der Waals surface area contributed by atoms with Gasteiger partial charge in [-0.1, -0.05) is 43.6 Å². The number of hydrogen-bond donors (Lipinski definition) is 2. The third kappa shape index (κ3) is 7.12. The zero-order chi connectivity index (χ0) is 12.4. The van der Waals surface area contributed by atoms with Gasteiger partial charge in [-0.3, -0.25) is 0 Å². The van der Waals surface area contributed by atoms with Crippen LogP contribution in [0.4, 0.5) is 4.79 Å². The van der Waals surface area contributed by atoms with Crippen LogP contribution in [0.5, 0.6) is 0 Å². The summed E-state index contributed by atoms with van der Waals surface area (Å²) in [6.45, 7) is 4.56. The van der Waals surface area contributed by atoms with Crippen LogP contribution in [0.2, 0.25) is 5.02 Å². The SMILES string of the molecule is CCCNC(=O)O.CCc1ccccc1Cl. The van der Waals surface area contributed by atoms with Crippen molar-refractivity contribution in [3.8, 4) is 0 Å². The number of carboxylic acid groups (broad SMARTS) is 1. The van der Waals surface area contributed by atoms with E-state index in [-0.39, 0.29) is 0 Å². The summed E-state index contributed by atoms with van der Waals surface area (Å²) in [7, 11) is 0. The molecule has 2 N–H and O–H groups in total. The van der Waals surface area contributed by atoms with Crippen molar-refractivity contribution in [2.75, 3.05) is 6.54 Å². The van der Waals surface area contributed by atoms with Gasteiger partial charge in [0, 0.05) is 11.6 Å². The molecule has 0 aliphatic carbocycles. The summed E-state index contributed by atoms with van der Waals surface area (Å²) in [5, 5.41) is 11.0. The highest BCUT2D eigenvalue weighted by Crippen LogP contribution is 2.14. The highest BCUT2D eigenvalue weighted by atomic mass is 35.5. The van der Waals surface area contributed by atoms with Gasteiger partial charge in [0.25, 0.3) is 0 Å². The molecule has 3 nitrogen and oxygen atoms in total. The molecule has 0 saturated carbocycles. The van der Waals surface area contributed by atoms with E-state index < -0.39 is 6.09 Å². The Morgan fingerprint density at radius 1 is 1.38 bits per heavy atom. The summed E-state index contributed by atoms with van der Waals surface area (Å²) in [6.07, 6.45) is 0.924. The second-order valence-electron chi connectivity index (χ2n) is 3.18. The van der Waals surface area contributed by atoms with E-state index in [1.54, 1.807) is 0 Å². The van der Waals surface area contributed by atoms with Gasteiger partial charge < -0.3 is 10.4 Å². The van der Waals surface area contributed by atoms with Gasteiger partial charge in [0.1, 0.15) is 0 Å². The molecule has 4 heteroatoms. The number of halogens is 1. The summed E-state index contributed by atoms with van der Waals surface area (Å²) >= 11 is 5.82. The van der Waals surface area contributed by atoms with E-state index >= 15 is 0 Å². The van der Waals surface area contributed by atoms with Crippen LogP contribution < -0.4 is 5.32 Å². The standard InChI is InChI=1S/C8H9Cl.C4H9NO2/c1-2-7-5-3-4-6-8(7)9;1-2-3-5-4(6)7/h3-6H,2H2,1H3;5H,2-3H2,1H3,(H,6,7). The lowest BCUT2D eigenvalue weighted by atomic mass is 10.2. The van der Waals surface area contributed by atoms with E-state index in [0.717, 1.165) is 17.9 Å². The molecule has 16 heavy (non-hydrogen) atoms. The Bertz CT molecular complexity index is 316. The number of hydrogen-bond acceptors (Lipinski definition) is 1. The van der Waals surface area contributed by atoms with Crippen molar-refractivity contribution < 1.29 is 9.90 Å². The predicted molar refractivity (Wildman–Crippen MR) is 67.1 cm³/mol. The van der Waals surface area contributed by atoms with Crippen molar-refractivity contribution >= 4 is 17.7 Å². The van der Waals surface area contributed by atoms with Gasteiger partial charge in [-0.05, 0) is 24.5 Å². The molecule has 0 aliphatic heterocycles. The summed E-state index contributed by atoms with van der Waals surface area (Å²) in [6, 6.07) is 7.91. The van der Waals surface area contributed by atoms with Gasteiger partial charge in [-0.25, -0.2) is 4.79 Å². The minimum atomic E-state index is -0.943. The molecular weight excluding hydrogens is 226 g/mol. The Morgan fingerprint density at radius 3 is 2.31 bits per heavy atom. The second kappa shape index (κ2) is 9.04. The lowest BCUT2D eigenvalue weighted by molar-refractivity contribution is 0.194. The Kier molecular flexibility index (Phi) is 8.35. The number of rotatable bonds is 3. The van der Waals surface area contributed by atoms with E-state index in [4.69, 9.17) is 16.7 Å². The van der Waals surface area contributed by atoms with Crippen LogP contribution in [0.15, 0.2) is 24.3 Å². The van der Waals surface area contributed by atoms with Crippen LogP contribution in [-0.2, 0) is 6.42 Å². The smallest absolute Gasteiger partial charge is 0.404 e. The molecule has 1 aromatic rings. The first kappa shape index (κ1) is 14.8. The summed E-state index contributed by atoms with van der Waals surface area (Å²) in [5.74, 6) is 0. The van der Waals surface area contributed by atoms with Crippen LogP contribution >= 0.6 is 11.6 Å². The first-order valence-electron chi connectivity index (χ1n) is 5.32. The fraction of sp³-hybridized carbons (Fsp3) is 0.417. The highest BCUT2D eigenvalue weighted by Gasteiger charge is 1.91. The van der Waals surface area contributed by atoms with Crippen LogP contribution in [0.3, 0.4) is 0 Å². The van der Waals surface area contributed by atoms with Gasteiger partial charge in [0.2, 0.25) is 0 Å². The van der Waals surface area contributed by atoms with E-state index in [9.17, 15) is 4.79 Å². The van der Waals surface area contributed by atoms with Crippen molar-refractivity contribution in [3.63, 3.8) is 0 Å². The van der Waals surface area contributed by atoms with Crippen LogP contribution in [0.25, 0.3) is 0 Å². The molecule has 0 aliphatic rings. The molecule has 0 saturated heterocycles. The molecule has 1 amide bonds. The van der Waals surface area contributed by atoms with E-state index in [0.29, 0.717) is 6.54 Å². The maximum absolute atomic E-state index is 9.65. The number of benzene rings is 1. The largest absolute Gasteiger partial charge is 0.465 e. The quantitative estimate of drug-likeness (QED) is 0.853. The second-order valence-corrected chi connectivity index (χ2v) is 3.58. The van der Waals surface area contributed by atoms with Crippen molar-refractivity contribution in [1.29, 1.82) is 0 Å². The van der Waals surface area contributed by atoms with Crippen LogP contribution in [0, 0.1) is 0 Å². The Labute approximate surface area is 101 Å². The Hall–Kier alpha value is -1.22. The van der Waals surface area contributed by atoms with Crippen molar-refractivity contribution in [2.45, 2.75) is 26.7 Å². The summed E-state index contributed by atoms with van der Waals surface area (Å²) < 4.78 is 0. The molecule has 0 bridgehead atoms. The molecule has 0 heterocycles. The first-order chi connectivity index (χ1) is 7.61. The average molecular weight is 244 g/mol. The van der Waals surface area contributed by atoms with E-state index in [1.165, 1.54) is 5.56 Å². The predicted octanol–water partition coefficient (Wildman–Crippen LogP) is 3.57. The fourth-order valence-corrected chi connectivity index (χ4v) is 1.29. The molecular formula is C12H18ClNO2. The monoisotopic (exact) mass is 243 g/mol. The number of aryl methyl sites for hydroxylation is 1. The first-order valence-corrected chi connectivity index (χ1v) is 5.69. The Balaban J connectivity index is 0.000000293. The lowest BCUT2D eigenvalue weighted by Gasteiger charge is -1.96. The molecule has 90 valence electrons. The number of nitrogens with one attached hydrogen (secondary N) is 1. The molecule has 0 fully saturated rings. The number of carbonyl (C=O) groups is 1. The molecule has 1 rings (SSSR count). The highest BCUT2D eigenvalue weighted by molar-refractivity contribution is 6.31. The zero-order valence-corrected chi connectivity index (χ0v) is 10.4. The van der Waals surface area contributed by atoms with Gasteiger partial charge in [0.15, 0.2) is 0 Å². The maximum Gasteiger partial charge on any atom is 0.404 e. The third-order valence-electron chi connectivity index (χ3n) is 1.86. The van der Waals surface area contributed by atoms with Gasteiger partial charge in [-0.15, -0.1) is 0 Å². The maximum atomic E-state index is 9.65. The summed E-state index contributed by atoms with van der Waals surface area (Å²) in [4.78, 5) is 9.65.